The third-order valence-corrected chi connectivity index (χ3v) is 3.83. The van der Waals surface area contributed by atoms with Gasteiger partial charge in [0.25, 0.3) is 0 Å². The van der Waals surface area contributed by atoms with Gasteiger partial charge in [0.05, 0.1) is 0 Å². The van der Waals surface area contributed by atoms with Crippen molar-refractivity contribution >= 4 is 15.9 Å². The molecule has 1 aromatic rings. The molecule has 0 unspecified atom stereocenters. The van der Waals surface area contributed by atoms with Gasteiger partial charge in [-0.3, -0.25) is 4.90 Å². The lowest BCUT2D eigenvalue weighted by Crippen LogP contribution is -2.31. The maximum Gasteiger partial charge on any atom is 0.159 e. The number of hydrogen-bond acceptors (Lipinski definition) is 2. The van der Waals surface area contributed by atoms with E-state index < -0.39 is 11.6 Å². The topological polar surface area (TPSA) is 6.48 Å². The van der Waals surface area contributed by atoms with Crippen LogP contribution in [0.5, 0.6) is 0 Å². The molecule has 0 atom stereocenters. The Morgan fingerprint density at radius 2 is 1.74 bits per heavy atom. The summed E-state index contributed by atoms with van der Waals surface area (Å²) in [5.41, 5.74) is 0.841. The molecule has 1 heterocycles. The lowest BCUT2D eigenvalue weighted by molar-refractivity contribution is 0.258. The molecule has 0 bridgehead atoms. The Labute approximate surface area is 121 Å². The molecule has 1 saturated heterocycles. The van der Waals surface area contributed by atoms with Gasteiger partial charge >= 0.3 is 0 Å². The molecule has 19 heavy (non-hydrogen) atoms. The monoisotopic (exact) mass is 332 g/mol. The smallest absolute Gasteiger partial charge is 0.159 e. The second-order valence-electron chi connectivity index (χ2n) is 4.91. The summed E-state index contributed by atoms with van der Waals surface area (Å²) < 4.78 is 26.0. The number of alkyl halides is 1. The van der Waals surface area contributed by atoms with Crippen molar-refractivity contribution in [1.29, 1.82) is 0 Å². The molecule has 0 saturated carbocycles. The SMILES string of the molecule is Fc1ccc(CN2CCCN(CCBr)CC2)cc1F. The number of hydrogen-bond donors (Lipinski definition) is 0. The summed E-state index contributed by atoms with van der Waals surface area (Å²) in [7, 11) is 0. The fraction of sp³-hybridized carbons (Fsp3) is 0.571. The van der Waals surface area contributed by atoms with Crippen molar-refractivity contribution < 1.29 is 8.78 Å². The van der Waals surface area contributed by atoms with Gasteiger partial charge in [0.15, 0.2) is 11.6 Å². The zero-order valence-corrected chi connectivity index (χ0v) is 12.5. The second-order valence-corrected chi connectivity index (χ2v) is 5.70. The fourth-order valence-electron chi connectivity index (χ4n) is 2.42. The Balaban J connectivity index is 1.90. The largest absolute Gasteiger partial charge is 0.301 e. The Morgan fingerprint density at radius 3 is 2.47 bits per heavy atom. The summed E-state index contributed by atoms with van der Waals surface area (Å²) in [5, 5.41) is 0.996. The molecule has 2 rings (SSSR count). The average Bonchev–Trinajstić information content (AvgIpc) is 2.60. The third-order valence-electron chi connectivity index (χ3n) is 3.47. The van der Waals surface area contributed by atoms with Crippen molar-refractivity contribution in [2.24, 2.45) is 0 Å². The molecule has 0 spiro atoms. The second kappa shape index (κ2) is 7.31. The van der Waals surface area contributed by atoms with E-state index in [0.717, 1.165) is 50.0 Å². The first kappa shape index (κ1) is 14.9. The summed E-state index contributed by atoms with van der Waals surface area (Å²) in [6, 6.07) is 4.18. The van der Waals surface area contributed by atoms with Gasteiger partial charge in [0, 0.05) is 31.5 Å². The minimum absolute atomic E-state index is 0.694. The van der Waals surface area contributed by atoms with Crippen molar-refractivity contribution in [1.82, 2.24) is 9.80 Å². The van der Waals surface area contributed by atoms with Gasteiger partial charge < -0.3 is 4.90 Å². The number of halogens is 3. The molecule has 106 valence electrons. The van der Waals surface area contributed by atoms with Gasteiger partial charge in [0.1, 0.15) is 0 Å². The van der Waals surface area contributed by atoms with Crippen molar-refractivity contribution in [2.45, 2.75) is 13.0 Å². The van der Waals surface area contributed by atoms with Crippen molar-refractivity contribution in [2.75, 3.05) is 38.1 Å². The van der Waals surface area contributed by atoms with Gasteiger partial charge in [-0.25, -0.2) is 8.78 Å². The Bertz CT molecular complexity index is 414. The molecular formula is C14H19BrF2N2. The van der Waals surface area contributed by atoms with Gasteiger partial charge in [0.2, 0.25) is 0 Å². The van der Waals surface area contributed by atoms with Crippen LogP contribution in [0.3, 0.4) is 0 Å². The van der Waals surface area contributed by atoms with Crippen LogP contribution in [0.25, 0.3) is 0 Å². The van der Waals surface area contributed by atoms with Crippen molar-refractivity contribution in [3.05, 3.63) is 35.4 Å². The number of benzene rings is 1. The summed E-state index contributed by atoms with van der Waals surface area (Å²) in [4.78, 5) is 4.74. The summed E-state index contributed by atoms with van der Waals surface area (Å²) in [6.07, 6.45) is 1.12. The van der Waals surface area contributed by atoms with Crippen molar-refractivity contribution in [3.8, 4) is 0 Å². The lowest BCUT2D eigenvalue weighted by atomic mass is 10.2. The average molecular weight is 333 g/mol. The Kier molecular flexibility index (Phi) is 5.73. The number of rotatable bonds is 4. The van der Waals surface area contributed by atoms with Gasteiger partial charge in [-0.05, 0) is 37.2 Å². The highest BCUT2D eigenvalue weighted by Crippen LogP contribution is 2.12. The first-order valence-corrected chi connectivity index (χ1v) is 7.76. The predicted octanol–water partition coefficient (Wildman–Crippen LogP) is 2.87. The highest BCUT2D eigenvalue weighted by atomic mass is 79.9. The molecule has 2 nitrogen and oxygen atoms in total. The molecule has 1 aliphatic heterocycles. The molecular weight excluding hydrogens is 314 g/mol. The standard InChI is InChI=1S/C14H19BrF2N2/c15-4-7-18-5-1-6-19(9-8-18)11-12-2-3-13(16)14(17)10-12/h2-3,10H,1,4-9,11H2. The van der Waals surface area contributed by atoms with E-state index in [-0.39, 0.29) is 0 Å². The van der Waals surface area contributed by atoms with E-state index in [4.69, 9.17) is 0 Å². The molecule has 1 aliphatic rings. The van der Waals surface area contributed by atoms with Crippen LogP contribution in [0.15, 0.2) is 18.2 Å². The van der Waals surface area contributed by atoms with E-state index in [1.54, 1.807) is 6.07 Å². The fourth-order valence-corrected chi connectivity index (χ4v) is 2.92. The molecule has 0 radical (unpaired) electrons. The first-order chi connectivity index (χ1) is 9.19. The number of nitrogens with zero attached hydrogens (tertiary/aromatic N) is 2. The maximum absolute atomic E-state index is 13.2. The van der Waals surface area contributed by atoms with Crippen LogP contribution in [-0.4, -0.2) is 47.9 Å². The Morgan fingerprint density at radius 1 is 1.00 bits per heavy atom. The minimum atomic E-state index is -0.775. The van der Waals surface area contributed by atoms with E-state index in [1.807, 2.05) is 0 Å². The van der Waals surface area contributed by atoms with E-state index in [1.165, 1.54) is 12.1 Å². The normalized spacial score (nSPS) is 18.5. The highest BCUT2D eigenvalue weighted by molar-refractivity contribution is 9.09. The van der Waals surface area contributed by atoms with Gasteiger partial charge in [-0.1, -0.05) is 22.0 Å². The summed E-state index contributed by atoms with van der Waals surface area (Å²) >= 11 is 3.46. The lowest BCUT2D eigenvalue weighted by Gasteiger charge is -2.21. The van der Waals surface area contributed by atoms with Crippen LogP contribution in [-0.2, 0) is 6.54 Å². The van der Waals surface area contributed by atoms with Crippen LogP contribution in [0.2, 0.25) is 0 Å². The predicted molar refractivity (Wildman–Crippen MR) is 76.5 cm³/mol. The highest BCUT2D eigenvalue weighted by Gasteiger charge is 2.15. The zero-order valence-electron chi connectivity index (χ0n) is 10.9. The maximum atomic E-state index is 13.2. The van der Waals surface area contributed by atoms with E-state index in [0.29, 0.717) is 6.54 Å². The molecule has 0 aliphatic carbocycles. The summed E-state index contributed by atoms with van der Waals surface area (Å²) in [5.74, 6) is -1.53. The van der Waals surface area contributed by atoms with Crippen molar-refractivity contribution in [3.63, 3.8) is 0 Å². The van der Waals surface area contributed by atoms with Crippen LogP contribution in [0.1, 0.15) is 12.0 Å². The first-order valence-electron chi connectivity index (χ1n) is 6.63. The third kappa shape index (κ3) is 4.51. The molecule has 1 fully saturated rings. The van der Waals surface area contributed by atoms with Crippen LogP contribution < -0.4 is 0 Å². The van der Waals surface area contributed by atoms with Crippen LogP contribution >= 0.6 is 15.9 Å². The minimum Gasteiger partial charge on any atom is -0.301 e. The van der Waals surface area contributed by atoms with E-state index in [9.17, 15) is 8.78 Å². The van der Waals surface area contributed by atoms with Gasteiger partial charge in [-0.2, -0.15) is 0 Å². The van der Waals surface area contributed by atoms with Gasteiger partial charge in [-0.15, -0.1) is 0 Å². The van der Waals surface area contributed by atoms with E-state index >= 15 is 0 Å². The van der Waals surface area contributed by atoms with Crippen LogP contribution in [0, 0.1) is 11.6 Å². The quantitative estimate of drug-likeness (QED) is 0.782. The van der Waals surface area contributed by atoms with Crippen LogP contribution in [0.4, 0.5) is 8.78 Å². The van der Waals surface area contributed by atoms with E-state index in [2.05, 4.69) is 25.7 Å². The Hall–Kier alpha value is -0.520. The molecule has 0 aromatic heterocycles. The zero-order chi connectivity index (χ0) is 13.7. The molecule has 0 N–H and O–H groups in total. The summed E-state index contributed by atoms with van der Waals surface area (Å²) in [6.45, 7) is 5.90. The molecule has 5 heteroatoms. The molecule has 0 amide bonds. The molecule has 1 aromatic carbocycles.